The van der Waals surface area contributed by atoms with Gasteiger partial charge in [0, 0.05) is 16.5 Å². The van der Waals surface area contributed by atoms with Crippen molar-refractivity contribution in [3.63, 3.8) is 0 Å². The van der Waals surface area contributed by atoms with E-state index in [0.29, 0.717) is 33.8 Å². The molecule has 27 heavy (non-hydrogen) atoms. The highest BCUT2D eigenvalue weighted by molar-refractivity contribution is 6.30. The van der Waals surface area contributed by atoms with Gasteiger partial charge in [0.25, 0.3) is 0 Å². The number of pyridine rings is 2. The molecule has 9 heteroatoms. The van der Waals surface area contributed by atoms with Crippen LogP contribution < -0.4 is 9.64 Å². The number of carbonyl (C=O) groups is 2. The Morgan fingerprint density at radius 2 is 2.07 bits per heavy atom. The monoisotopic (exact) mass is 387 g/mol. The fourth-order valence-electron chi connectivity index (χ4n) is 2.51. The maximum atomic E-state index is 11.2. The first-order chi connectivity index (χ1) is 12.9. The average molecular weight is 388 g/mol. The summed E-state index contributed by atoms with van der Waals surface area (Å²) in [7, 11) is 0. The lowest BCUT2D eigenvalue weighted by Crippen LogP contribution is -2.29. The number of amides is 1. The summed E-state index contributed by atoms with van der Waals surface area (Å²) in [5, 5.41) is 20.2. The van der Waals surface area contributed by atoms with Gasteiger partial charge in [0.15, 0.2) is 11.6 Å². The number of carboxylic acid groups (broad SMARTS) is 1. The summed E-state index contributed by atoms with van der Waals surface area (Å²) in [6.45, 7) is 1.00. The molecule has 3 rings (SSSR count). The van der Waals surface area contributed by atoms with Crippen molar-refractivity contribution in [3.05, 3.63) is 47.1 Å². The van der Waals surface area contributed by atoms with E-state index in [4.69, 9.17) is 21.4 Å². The Balaban J connectivity index is 2.03. The van der Waals surface area contributed by atoms with Crippen molar-refractivity contribution in [2.75, 3.05) is 11.4 Å². The van der Waals surface area contributed by atoms with Crippen LogP contribution in [0.5, 0.6) is 17.4 Å². The highest BCUT2D eigenvalue weighted by atomic mass is 35.5. The zero-order chi connectivity index (χ0) is 19.6. The first kappa shape index (κ1) is 18.4. The van der Waals surface area contributed by atoms with Crippen molar-refractivity contribution in [1.29, 1.82) is 0 Å². The van der Waals surface area contributed by atoms with Crippen molar-refractivity contribution in [2.45, 2.75) is 6.92 Å². The summed E-state index contributed by atoms with van der Waals surface area (Å²) >= 11 is 5.93. The molecule has 0 bridgehead atoms. The average Bonchev–Trinajstić information content (AvgIpc) is 2.63. The molecule has 1 amide bonds. The van der Waals surface area contributed by atoms with Crippen molar-refractivity contribution in [3.8, 4) is 17.4 Å². The summed E-state index contributed by atoms with van der Waals surface area (Å²) in [4.78, 5) is 31.4. The van der Waals surface area contributed by atoms with Gasteiger partial charge in [-0.2, -0.15) is 0 Å². The fourth-order valence-corrected chi connectivity index (χ4v) is 2.69. The number of aromatic hydroxyl groups is 1. The Kier molecular flexibility index (Phi) is 5.09. The van der Waals surface area contributed by atoms with E-state index in [1.807, 2.05) is 0 Å². The lowest BCUT2D eigenvalue weighted by atomic mass is 10.2. The zero-order valence-corrected chi connectivity index (χ0v) is 14.8. The molecule has 8 nitrogen and oxygen atoms in total. The van der Waals surface area contributed by atoms with E-state index >= 15 is 0 Å². The molecule has 0 radical (unpaired) electrons. The predicted molar refractivity (Wildman–Crippen MR) is 98.5 cm³/mol. The molecule has 0 atom stereocenters. The minimum absolute atomic E-state index is 0.150. The van der Waals surface area contributed by atoms with Gasteiger partial charge in [-0.25, -0.2) is 9.97 Å². The highest BCUT2D eigenvalue weighted by Crippen LogP contribution is 2.35. The Morgan fingerprint density at radius 3 is 2.74 bits per heavy atom. The lowest BCUT2D eigenvalue weighted by Gasteiger charge is -2.17. The number of fused-ring (bicyclic) bond motifs is 1. The van der Waals surface area contributed by atoms with Crippen LogP contribution in [0.1, 0.15) is 5.69 Å². The van der Waals surface area contributed by atoms with Gasteiger partial charge in [-0.05, 0) is 31.2 Å². The molecule has 0 aliphatic heterocycles. The largest absolute Gasteiger partial charge is 0.504 e. The fraction of sp³-hybridized carbons (Fsp3) is 0.111. The van der Waals surface area contributed by atoms with Crippen LogP contribution in [0.2, 0.25) is 5.02 Å². The van der Waals surface area contributed by atoms with Gasteiger partial charge < -0.3 is 14.9 Å². The van der Waals surface area contributed by atoms with E-state index in [-0.39, 0.29) is 17.4 Å². The van der Waals surface area contributed by atoms with Crippen LogP contribution in [-0.2, 0) is 9.59 Å². The van der Waals surface area contributed by atoms with Gasteiger partial charge in [0.2, 0.25) is 12.3 Å². The molecule has 0 fully saturated rings. The molecule has 0 aliphatic carbocycles. The third kappa shape index (κ3) is 3.90. The second-order valence-corrected chi connectivity index (χ2v) is 6.04. The van der Waals surface area contributed by atoms with Crippen molar-refractivity contribution >= 4 is 40.7 Å². The van der Waals surface area contributed by atoms with Gasteiger partial charge in [-0.3, -0.25) is 14.5 Å². The number of rotatable bonds is 6. The normalized spacial score (nSPS) is 10.6. The summed E-state index contributed by atoms with van der Waals surface area (Å²) in [6, 6.07) is 9.89. The topological polar surface area (TPSA) is 113 Å². The molecule has 0 aliphatic rings. The number of anilines is 1. The number of halogens is 1. The Hall–Kier alpha value is -3.39. The van der Waals surface area contributed by atoms with Crippen LogP contribution in [-0.4, -0.2) is 39.1 Å². The first-order valence-corrected chi connectivity index (χ1v) is 8.14. The van der Waals surface area contributed by atoms with Gasteiger partial charge in [0.05, 0.1) is 11.2 Å². The second kappa shape index (κ2) is 7.46. The Morgan fingerprint density at radius 1 is 1.30 bits per heavy atom. The van der Waals surface area contributed by atoms with E-state index in [1.54, 1.807) is 37.3 Å². The minimum atomic E-state index is -1.23. The van der Waals surface area contributed by atoms with E-state index in [0.717, 1.165) is 4.90 Å². The van der Waals surface area contributed by atoms with E-state index in [2.05, 4.69) is 9.97 Å². The van der Waals surface area contributed by atoms with Crippen LogP contribution in [0.15, 0.2) is 36.4 Å². The number of hydrogen-bond donors (Lipinski definition) is 2. The summed E-state index contributed by atoms with van der Waals surface area (Å²) < 4.78 is 5.66. The SMILES string of the molecule is Cc1nc(N(C=O)CC(=O)O)c(O)c2ccc(Oc3cccc(Cl)c3)nc12. The summed E-state index contributed by atoms with van der Waals surface area (Å²) in [5.74, 6) is -0.966. The van der Waals surface area contributed by atoms with Crippen molar-refractivity contribution in [2.24, 2.45) is 0 Å². The van der Waals surface area contributed by atoms with Crippen LogP contribution >= 0.6 is 11.6 Å². The van der Waals surface area contributed by atoms with Crippen LogP contribution in [0.3, 0.4) is 0 Å². The number of carboxylic acids is 1. The molecule has 0 spiro atoms. The molecule has 3 aromatic rings. The number of carbonyl (C=O) groups excluding carboxylic acids is 1. The third-order valence-electron chi connectivity index (χ3n) is 3.68. The molecule has 0 saturated heterocycles. The van der Waals surface area contributed by atoms with Crippen LogP contribution in [0.25, 0.3) is 10.9 Å². The Labute approximate surface area is 158 Å². The maximum absolute atomic E-state index is 11.2. The minimum Gasteiger partial charge on any atom is -0.504 e. The van der Waals surface area contributed by atoms with Gasteiger partial charge >= 0.3 is 5.97 Å². The van der Waals surface area contributed by atoms with Gasteiger partial charge in [-0.1, -0.05) is 17.7 Å². The van der Waals surface area contributed by atoms with Crippen LogP contribution in [0, 0.1) is 6.92 Å². The summed E-state index contributed by atoms with van der Waals surface area (Å²) in [6.07, 6.45) is 0.297. The smallest absolute Gasteiger partial charge is 0.323 e. The highest BCUT2D eigenvalue weighted by Gasteiger charge is 2.20. The standard InChI is InChI=1S/C18H14ClN3O5/c1-10-16-13(17(26)18(20-10)22(9-23)8-15(24)25)5-6-14(21-16)27-12-4-2-3-11(19)7-12/h2-7,9,26H,8H2,1H3,(H,24,25). The number of nitrogens with zero attached hydrogens (tertiary/aromatic N) is 3. The van der Waals surface area contributed by atoms with Crippen molar-refractivity contribution in [1.82, 2.24) is 9.97 Å². The van der Waals surface area contributed by atoms with Gasteiger partial charge in [0.1, 0.15) is 12.3 Å². The second-order valence-electron chi connectivity index (χ2n) is 5.60. The first-order valence-electron chi connectivity index (χ1n) is 7.76. The summed E-state index contributed by atoms with van der Waals surface area (Å²) in [5.41, 5.74) is 0.753. The number of ether oxygens (including phenoxy) is 1. The van der Waals surface area contributed by atoms with Gasteiger partial charge in [-0.15, -0.1) is 0 Å². The van der Waals surface area contributed by atoms with Crippen molar-refractivity contribution < 1.29 is 24.5 Å². The maximum Gasteiger partial charge on any atom is 0.323 e. The van der Waals surface area contributed by atoms with E-state index in [1.165, 1.54) is 6.07 Å². The molecule has 2 N–H and O–H groups in total. The molecule has 138 valence electrons. The lowest BCUT2D eigenvalue weighted by molar-refractivity contribution is -0.136. The zero-order valence-electron chi connectivity index (χ0n) is 14.1. The number of hydrogen-bond acceptors (Lipinski definition) is 6. The number of aliphatic carboxylic acids is 1. The van der Waals surface area contributed by atoms with E-state index in [9.17, 15) is 14.7 Å². The molecule has 2 heterocycles. The van der Waals surface area contributed by atoms with E-state index < -0.39 is 12.5 Å². The molecule has 0 unspecified atom stereocenters. The molecular weight excluding hydrogens is 374 g/mol. The third-order valence-corrected chi connectivity index (χ3v) is 3.91. The van der Waals surface area contributed by atoms with Crippen LogP contribution in [0.4, 0.5) is 5.82 Å². The molecular formula is C18H14ClN3O5. The number of aromatic nitrogens is 2. The predicted octanol–water partition coefficient (Wildman–Crippen LogP) is 3.14. The quantitative estimate of drug-likeness (QED) is 0.624. The molecule has 2 aromatic heterocycles. The Bertz CT molecular complexity index is 1040. The number of benzene rings is 1. The molecule has 1 aromatic carbocycles. The molecule has 0 saturated carbocycles. The number of aryl methyl sites for hydroxylation is 1.